The summed E-state index contributed by atoms with van der Waals surface area (Å²) < 4.78 is 0. The number of nitrogens with zero attached hydrogens (tertiary/aromatic N) is 1. The zero-order chi connectivity index (χ0) is 29.2. The van der Waals surface area contributed by atoms with E-state index in [1.807, 2.05) is 6.20 Å². The second-order valence-electron chi connectivity index (χ2n) is 14.3. The first-order valence-electron chi connectivity index (χ1n) is 19.2. The van der Waals surface area contributed by atoms with E-state index in [1.165, 1.54) is 180 Å². The second-order valence-corrected chi connectivity index (χ2v) is 14.3. The van der Waals surface area contributed by atoms with Crippen molar-refractivity contribution in [2.75, 3.05) is 0 Å². The zero-order valence-electron chi connectivity index (χ0n) is 28.0. The predicted molar refractivity (Wildman–Crippen MR) is 181 cm³/mol. The van der Waals surface area contributed by atoms with Gasteiger partial charge in [-0.2, -0.15) is 0 Å². The van der Waals surface area contributed by atoms with Gasteiger partial charge >= 0.3 is 0 Å². The number of hydrogen-bond acceptors (Lipinski definition) is 1. The van der Waals surface area contributed by atoms with Crippen molar-refractivity contribution in [3.8, 4) is 0 Å². The Morgan fingerprint density at radius 3 is 1.17 bits per heavy atom. The number of rotatable bonds is 6. The lowest BCUT2D eigenvalue weighted by Gasteiger charge is -2.30. The van der Waals surface area contributed by atoms with Crippen molar-refractivity contribution in [2.24, 2.45) is 11.8 Å². The molecule has 2 fully saturated rings. The lowest BCUT2D eigenvalue weighted by molar-refractivity contribution is -0.131. The van der Waals surface area contributed by atoms with E-state index < -0.39 is 0 Å². The summed E-state index contributed by atoms with van der Waals surface area (Å²) in [4.78, 5) is 15.7. The monoisotopic (exact) mass is 572 g/mol. The van der Waals surface area contributed by atoms with Gasteiger partial charge in [0.15, 0.2) is 0 Å². The number of carbonyl (C=O) groups excluding carboxylic acids is 1. The molecule has 41 heavy (non-hydrogen) atoms. The fraction of sp³-hybridized carbons (Fsp3) is 0.923. The minimum Gasteiger partial charge on any atom is -0.317 e. The molecule has 2 aliphatic carbocycles. The molecule has 0 aromatic carbocycles. The quantitative estimate of drug-likeness (QED) is 0.310. The summed E-state index contributed by atoms with van der Waals surface area (Å²) >= 11 is 0. The molecule has 1 atom stereocenters. The molecule has 0 heterocycles. The van der Waals surface area contributed by atoms with Gasteiger partial charge in [0.25, 0.3) is 0 Å². The highest BCUT2D eigenvalue weighted by Crippen LogP contribution is 2.30. The molecule has 0 N–H and O–H groups in total. The van der Waals surface area contributed by atoms with Crippen LogP contribution in [-0.4, -0.2) is 16.8 Å². The van der Waals surface area contributed by atoms with E-state index in [-0.39, 0.29) is 0 Å². The summed E-state index contributed by atoms with van der Waals surface area (Å²) in [5.41, 5.74) is 0. The molecule has 0 spiro atoms. The first kappa shape index (κ1) is 36.4. The van der Waals surface area contributed by atoms with E-state index in [4.69, 9.17) is 0 Å². The van der Waals surface area contributed by atoms with Crippen LogP contribution >= 0.6 is 0 Å². The summed E-state index contributed by atoms with van der Waals surface area (Å²) in [6.07, 6.45) is 45.2. The third-order valence-electron chi connectivity index (χ3n) is 10.7. The van der Waals surface area contributed by atoms with Crippen molar-refractivity contribution in [3.63, 3.8) is 0 Å². The van der Waals surface area contributed by atoms with Crippen molar-refractivity contribution in [2.45, 2.75) is 218 Å². The van der Waals surface area contributed by atoms with Gasteiger partial charge in [-0.1, -0.05) is 193 Å². The lowest BCUT2D eigenvalue weighted by atomic mass is 9.81. The topological polar surface area (TPSA) is 20.3 Å². The molecular formula is C39H73NO. The molecule has 1 amide bonds. The van der Waals surface area contributed by atoms with E-state index in [9.17, 15) is 4.79 Å². The van der Waals surface area contributed by atoms with Crippen LogP contribution in [0.2, 0.25) is 0 Å². The first-order chi connectivity index (χ1) is 20.2. The van der Waals surface area contributed by atoms with Crippen LogP contribution in [0.3, 0.4) is 0 Å². The van der Waals surface area contributed by atoms with E-state index in [1.54, 1.807) is 0 Å². The van der Waals surface area contributed by atoms with Gasteiger partial charge in [0.1, 0.15) is 0 Å². The average Bonchev–Trinajstić information content (AvgIpc) is 2.96. The van der Waals surface area contributed by atoms with Crippen molar-refractivity contribution < 1.29 is 4.79 Å². The van der Waals surface area contributed by atoms with Crippen LogP contribution in [0.25, 0.3) is 0 Å². The maximum absolute atomic E-state index is 13.6. The van der Waals surface area contributed by atoms with Gasteiger partial charge in [-0.25, -0.2) is 0 Å². The predicted octanol–water partition coefficient (Wildman–Crippen LogP) is 13.1. The van der Waals surface area contributed by atoms with Gasteiger partial charge in [0.2, 0.25) is 5.91 Å². The van der Waals surface area contributed by atoms with Crippen LogP contribution in [0, 0.1) is 11.8 Å². The van der Waals surface area contributed by atoms with E-state index >= 15 is 0 Å². The molecule has 0 aliphatic heterocycles. The largest absolute Gasteiger partial charge is 0.317 e. The highest BCUT2D eigenvalue weighted by molar-refractivity contribution is 5.77. The van der Waals surface area contributed by atoms with E-state index in [0.717, 1.165) is 25.2 Å². The van der Waals surface area contributed by atoms with Crippen molar-refractivity contribution in [1.29, 1.82) is 0 Å². The van der Waals surface area contributed by atoms with Crippen LogP contribution in [0.4, 0.5) is 0 Å². The third-order valence-corrected chi connectivity index (χ3v) is 10.7. The van der Waals surface area contributed by atoms with Crippen LogP contribution in [-0.2, 0) is 4.79 Å². The Hall–Kier alpha value is -0.790. The van der Waals surface area contributed by atoms with E-state index in [2.05, 4.69) is 18.4 Å². The molecule has 0 radical (unpaired) electrons. The molecule has 2 saturated carbocycles. The van der Waals surface area contributed by atoms with E-state index in [0.29, 0.717) is 24.3 Å². The Morgan fingerprint density at radius 1 is 0.561 bits per heavy atom. The highest BCUT2D eigenvalue weighted by Gasteiger charge is 2.23. The Labute approximate surface area is 258 Å². The molecule has 2 heteroatoms. The highest BCUT2D eigenvalue weighted by atomic mass is 16.2. The van der Waals surface area contributed by atoms with Crippen molar-refractivity contribution in [3.05, 3.63) is 12.8 Å². The summed E-state index contributed by atoms with van der Waals surface area (Å²) in [7, 11) is 0. The van der Waals surface area contributed by atoms with Crippen LogP contribution in [0.5, 0.6) is 0 Å². The molecule has 240 valence electrons. The molecule has 2 nitrogen and oxygen atoms in total. The average molecular weight is 572 g/mol. The molecule has 2 aliphatic rings. The van der Waals surface area contributed by atoms with Gasteiger partial charge in [0, 0.05) is 12.5 Å². The molecule has 0 aromatic rings. The normalized spacial score (nSPS) is 23.3. The SMILES string of the molecule is C=CN(C(=O)CCC(C)C1CCCCCCCCCCC1)C1CCCCCCCCCCCCCCCCCCC1. The summed E-state index contributed by atoms with van der Waals surface area (Å²) in [6.45, 7) is 6.60. The third kappa shape index (κ3) is 18.5. The Bertz CT molecular complexity index is 583. The second kappa shape index (κ2) is 25.7. The molecule has 1 unspecified atom stereocenters. The van der Waals surface area contributed by atoms with Gasteiger partial charge in [-0.3, -0.25) is 4.79 Å². The van der Waals surface area contributed by atoms with Crippen LogP contribution in [0.1, 0.15) is 212 Å². The fourth-order valence-corrected chi connectivity index (χ4v) is 7.77. The molecular weight excluding hydrogens is 498 g/mol. The number of hydrogen-bond donors (Lipinski definition) is 0. The smallest absolute Gasteiger partial charge is 0.226 e. The summed E-state index contributed by atoms with van der Waals surface area (Å²) in [6, 6.07) is 0.363. The Kier molecular flexibility index (Phi) is 22.8. The first-order valence-corrected chi connectivity index (χ1v) is 19.2. The maximum Gasteiger partial charge on any atom is 0.226 e. The molecule has 0 aromatic heterocycles. The van der Waals surface area contributed by atoms with Crippen LogP contribution in [0.15, 0.2) is 12.8 Å². The maximum atomic E-state index is 13.6. The van der Waals surface area contributed by atoms with Gasteiger partial charge in [-0.15, -0.1) is 0 Å². The van der Waals surface area contributed by atoms with Gasteiger partial charge in [-0.05, 0) is 37.3 Å². The standard InChI is InChI=1S/C39H73NO/c1-3-40(39(41)35-34-36(2)37-30-26-22-18-14-13-15-19-23-27-31-37)38-32-28-24-20-16-11-9-7-5-4-6-8-10-12-17-21-25-29-33-38/h3,36-38H,1,4-35H2,2H3. The van der Waals surface area contributed by atoms with Gasteiger partial charge < -0.3 is 4.90 Å². The van der Waals surface area contributed by atoms with Crippen molar-refractivity contribution in [1.82, 2.24) is 4.90 Å². The number of amides is 1. The summed E-state index contributed by atoms with van der Waals surface area (Å²) in [5.74, 6) is 1.82. The summed E-state index contributed by atoms with van der Waals surface area (Å²) in [5, 5.41) is 0. The number of carbonyl (C=O) groups is 1. The molecule has 2 rings (SSSR count). The minimum absolute atomic E-state index is 0.347. The molecule has 0 bridgehead atoms. The Balaban J connectivity index is 1.84. The Morgan fingerprint density at radius 2 is 0.854 bits per heavy atom. The van der Waals surface area contributed by atoms with Crippen molar-refractivity contribution >= 4 is 5.91 Å². The minimum atomic E-state index is 0.347. The molecule has 0 saturated heterocycles. The van der Waals surface area contributed by atoms with Crippen LogP contribution < -0.4 is 0 Å². The fourth-order valence-electron chi connectivity index (χ4n) is 7.77. The zero-order valence-corrected chi connectivity index (χ0v) is 28.0. The lowest BCUT2D eigenvalue weighted by Crippen LogP contribution is -2.36. The van der Waals surface area contributed by atoms with Gasteiger partial charge in [0.05, 0.1) is 0 Å².